The number of primary sulfonamides is 1. The molecule has 2 rings (SSSR count). The second kappa shape index (κ2) is 5.74. The Bertz CT molecular complexity index is 698. The van der Waals surface area contributed by atoms with Crippen molar-refractivity contribution in [3.05, 3.63) is 17.6 Å². The monoisotopic (exact) mass is 319 g/mol. The highest BCUT2D eigenvalue weighted by Crippen LogP contribution is 2.24. The van der Waals surface area contributed by atoms with Crippen LogP contribution in [0.25, 0.3) is 0 Å². The van der Waals surface area contributed by atoms with Gasteiger partial charge in [0.15, 0.2) is 14.9 Å². The van der Waals surface area contributed by atoms with E-state index in [1.54, 1.807) is 0 Å². The second-order valence-corrected chi connectivity index (χ2v) is 8.61. The molecule has 0 fully saturated rings. The SMILES string of the molecule is NS(=O)(=O)CCS(=O)(=O)c1ncnc2c1CCCCC2. The molecule has 0 spiro atoms. The Morgan fingerprint density at radius 3 is 2.40 bits per heavy atom. The summed E-state index contributed by atoms with van der Waals surface area (Å²) in [5.41, 5.74) is 1.39. The number of hydrogen-bond acceptors (Lipinski definition) is 6. The summed E-state index contributed by atoms with van der Waals surface area (Å²) in [6, 6.07) is 0. The highest BCUT2D eigenvalue weighted by atomic mass is 32.2. The van der Waals surface area contributed by atoms with Gasteiger partial charge in [-0.15, -0.1) is 0 Å². The molecule has 1 aliphatic rings. The van der Waals surface area contributed by atoms with Gasteiger partial charge in [-0.3, -0.25) is 0 Å². The fourth-order valence-electron chi connectivity index (χ4n) is 2.26. The summed E-state index contributed by atoms with van der Waals surface area (Å²) in [4.78, 5) is 8.02. The summed E-state index contributed by atoms with van der Waals surface area (Å²) in [6.45, 7) is 0. The van der Waals surface area contributed by atoms with E-state index in [9.17, 15) is 16.8 Å². The zero-order valence-corrected chi connectivity index (χ0v) is 12.6. The van der Waals surface area contributed by atoms with Crippen LogP contribution in [0.2, 0.25) is 0 Å². The van der Waals surface area contributed by atoms with Crippen molar-refractivity contribution in [2.75, 3.05) is 11.5 Å². The minimum absolute atomic E-state index is 0.0342. The predicted octanol–water partition coefficient (Wildman–Crippen LogP) is -0.192. The number of aryl methyl sites for hydroxylation is 1. The van der Waals surface area contributed by atoms with E-state index in [0.29, 0.717) is 12.0 Å². The highest BCUT2D eigenvalue weighted by molar-refractivity contribution is 7.94. The minimum Gasteiger partial charge on any atom is -0.241 e. The van der Waals surface area contributed by atoms with E-state index in [1.165, 1.54) is 6.33 Å². The molecule has 2 N–H and O–H groups in total. The number of fused-ring (bicyclic) bond motifs is 1. The molecule has 0 bridgehead atoms. The van der Waals surface area contributed by atoms with E-state index in [0.717, 1.165) is 31.4 Å². The van der Waals surface area contributed by atoms with Gasteiger partial charge >= 0.3 is 0 Å². The molecular weight excluding hydrogens is 302 g/mol. The Hall–Kier alpha value is -1.06. The van der Waals surface area contributed by atoms with Crippen molar-refractivity contribution in [1.82, 2.24) is 9.97 Å². The van der Waals surface area contributed by atoms with E-state index in [2.05, 4.69) is 9.97 Å². The molecule has 0 saturated heterocycles. The fourth-order valence-corrected chi connectivity index (χ4v) is 5.06. The molecule has 0 unspecified atom stereocenters. The number of sulfonamides is 1. The van der Waals surface area contributed by atoms with Crippen molar-refractivity contribution >= 4 is 19.9 Å². The lowest BCUT2D eigenvalue weighted by atomic mass is 10.1. The van der Waals surface area contributed by atoms with Gasteiger partial charge in [-0.05, 0) is 25.7 Å². The number of hydrogen-bond donors (Lipinski definition) is 1. The van der Waals surface area contributed by atoms with Gasteiger partial charge in [0.25, 0.3) is 0 Å². The average Bonchev–Trinajstić information content (AvgIpc) is 2.60. The standard InChI is InChI=1S/C11H17N3O4S2/c12-20(17,18)7-6-19(15,16)11-9-4-2-1-3-5-10(9)13-8-14-11/h8H,1-7H2,(H2,12,17,18). The quantitative estimate of drug-likeness (QED) is 0.606. The van der Waals surface area contributed by atoms with Gasteiger partial charge in [0.05, 0.1) is 11.5 Å². The molecule has 1 aromatic rings. The van der Waals surface area contributed by atoms with Crippen molar-refractivity contribution in [2.45, 2.75) is 37.1 Å². The molecule has 1 heterocycles. The summed E-state index contributed by atoms with van der Waals surface area (Å²) in [5.74, 6) is -1.15. The molecule has 1 aromatic heterocycles. The van der Waals surface area contributed by atoms with E-state index in [1.807, 2.05) is 0 Å². The Morgan fingerprint density at radius 2 is 1.70 bits per heavy atom. The lowest BCUT2D eigenvalue weighted by Crippen LogP contribution is -2.24. The molecule has 20 heavy (non-hydrogen) atoms. The molecule has 0 atom stereocenters. The first-order chi connectivity index (χ1) is 9.30. The van der Waals surface area contributed by atoms with E-state index >= 15 is 0 Å². The van der Waals surface area contributed by atoms with Crippen LogP contribution in [-0.2, 0) is 32.7 Å². The Morgan fingerprint density at radius 1 is 1.00 bits per heavy atom. The first kappa shape index (κ1) is 15.3. The lowest BCUT2D eigenvalue weighted by molar-refractivity contribution is 0.584. The molecule has 1 aliphatic carbocycles. The fraction of sp³-hybridized carbons (Fsp3) is 0.636. The Balaban J connectivity index is 2.37. The number of aromatic nitrogens is 2. The summed E-state index contributed by atoms with van der Waals surface area (Å²) < 4.78 is 46.4. The molecule has 9 heteroatoms. The molecule has 112 valence electrons. The van der Waals surface area contributed by atoms with E-state index < -0.39 is 31.4 Å². The lowest BCUT2D eigenvalue weighted by Gasteiger charge is -2.10. The summed E-state index contributed by atoms with van der Waals surface area (Å²) in [6.07, 6.45) is 5.45. The smallest absolute Gasteiger partial charge is 0.210 e. The molecule has 7 nitrogen and oxygen atoms in total. The van der Waals surface area contributed by atoms with Crippen molar-refractivity contribution in [3.63, 3.8) is 0 Å². The van der Waals surface area contributed by atoms with Gasteiger partial charge in [-0.25, -0.2) is 31.9 Å². The maximum absolute atomic E-state index is 12.3. The van der Waals surface area contributed by atoms with E-state index in [-0.39, 0.29) is 5.03 Å². The van der Waals surface area contributed by atoms with Gasteiger partial charge < -0.3 is 0 Å². The largest absolute Gasteiger partial charge is 0.241 e. The Kier molecular flexibility index (Phi) is 4.40. The van der Waals surface area contributed by atoms with Crippen LogP contribution in [-0.4, -0.2) is 38.3 Å². The first-order valence-corrected chi connectivity index (χ1v) is 9.72. The average molecular weight is 319 g/mol. The first-order valence-electron chi connectivity index (χ1n) is 6.35. The topological polar surface area (TPSA) is 120 Å². The van der Waals surface area contributed by atoms with Crippen LogP contribution < -0.4 is 5.14 Å². The van der Waals surface area contributed by atoms with Gasteiger partial charge in [0.2, 0.25) is 10.0 Å². The molecule has 0 saturated carbocycles. The second-order valence-electron chi connectivity index (χ2n) is 4.85. The summed E-state index contributed by atoms with van der Waals surface area (Å²) in [7, 11) is -7.58. The van der Waals surface area contributed by atoms with Crippen LogP contribution in [0, 0.1) is 0 Å². The van der Waals surface area contributed by atoms with Gasteiger partial charge in [-0.2, -0.15) is 0 Å². The third-order valence-corrected chi connectivity index (χ3v) is 5.98. The maximum Gasteiger partial charge on any atom is 0.210 e. The zero-order valence-electron chi connectivity index (χ0n) is 10.9. The highest BCUT2D eigenvalue weighted by Gasteiger charge is 2.25. The van der Waals surface area contributed by atoms with Crippen LogP contribution in [0.1, 0.15) is 30.5 Å². The summed E-state index contributed by atoms with van der Waals surface area (Å²) >= 11 is 0. The molecule has 0 aromatic carbocycles. The van der Waals surface area contributed by atoms with Crippen LogP contribution >= 0.6 is 0 Å². The van der Waals surface area contributed by atoms with Crippen molar-refractivity contribution in [3.8, 4) is 0 Å². The third-order valence-electron chi connectivity index (χ3n) is 3.27. The van der Waals surface area contributed by atoms with Gasteiger partial charge in [0, 0.05) is 11.3 Å². The van der Waals surface area contributed by atoms with Gasteiger partial charge in [-0.1, -0.05) is 6.42 Å². The predicted molar refractivity (Wildman–Crippen MR) is 73.3 cm³/mol. The Labute approximate surface area is 118 Å². The normalized spacial score (nSPS) is 16.4. The van der Waals surface area contributed by atoms with Crippen molar-refractivity contribution in [2.24, 2.45) is 5.14 Å². The van der Waals surface area contributed by atoms with Crippen molar-refractivity contribution < 1.29 is 16.8 Å². The molecule has 0 amide bonds. The number of nitrogens with two attached hydrogens (primary N) is 1. The van der Waals surface area contributed by atoms with E-state index in [4.69, 9.17) is 5.14 Å². The number of sulfone groups is 1. The van der Waals surface area contributed by atoms with Crippen LogP contribution in [0.15, 0.2) is 11.4 Å². The molecule has 0 radical (unpaired) electrons. The van der Waals surface area contributed by atoms with Crippen LogP contribution in [0.5, 0.6) is 0 Å². The van der Waals surface area contributed by atoms with Crippen molar-refractivity contribution in [1.29, 1.82) is 0 Å². The maximum atomic E-state index is 12.3. The molecular formula is C11H17N3O4S2. The van der Waals surface area contributed by atoms with Crippen LogP contribution in [0.3, 0.4) is 0 Å². The summed E-state index contributed by atoms with van der Waals surface area (Å²) in [5, 5.41) is 4.82. The third kappa shape index (κ3) is 3.74. The number of rotatable bonds is 4. The van der Waals surface area contributed by atoms with Crippen LogP contribution in [0.4, 0.5) is 0 Å². The zero-order chi connectivity index (χ0) is 14.8. The molecule has 0 aliphatic heterocycles. The van der Waals surface area contributed by atoms with Gasteiger partial charge in [0.1, 0.15) is 6.33 Å². The number of nitrogens with zero attached hydrogens (tertiary/aromatic N) is 2. The minimum atomic E-state index is -3.82.